The van der Waals surface area contributed by atoms with E-state index in [1.807, 2.05) is 0 Å². The molecule has 0 N–H and O–H groups in total. The molecule has 0 aliphatic carbocycles. The predicted octanol–water partition coefficient (Wildman–Crippen LogP) is 0.498. The molecule has 0 atom stereocenters. The topological polar surface area (TPSA) is 96.0 Å². The molecule has 2 rings (SSSR count). The van der Waals surface area contributed by atoms with Gasteiger partial charge in [-0.2, -0.15) is 0 Å². The first-order valence-corrected chi connectivity index (χ1v) is 7.50. The van der Waals surface area contributed by atoms with Gasteiger partial charge in [0.25, 0.3) is 11.1 Å². The van der Waals surface area contributed by atoms with E-state index in [0.717, 1.165) is 16.7 Å². The Bertz CT molecular complexity index is 657. The molecule has 2 amide bonds. The second kappa shape index (κ2) is 7.80. The molecule has 0 saturated carbocycles. The summed E-state index contributed by atoms with van der Waals surface area (Å²) in [6.07, 6.45) is 1.56. The van der Waals surface area contributed by atoms with Crippen LogP contribution in [0.2, 0.25) is 0 Å². The lowest BCUT2D eigenvalue weighted by Crippen LogP contribution is -2.31. The van der Waals surface area contributed by atoms with Gasteiger partial charge in [-0.15, -0.1) is 0 Å². The minimum absolute atomic E-state index is 0.202. The summed E-state index contributed by atoms with van der Waals surface area (Å²) < 4.78 is 9.89. The third kappa shape index (κ3) is 4.57. The fourth-order valence-electron chi connectivity index (χ4n) is 1.86. The van der Waals surface area contributed by atoms with E-state index in [4.69, 9.17) is 9.47 Å². The molecular weight excluding hydrogens is 322 g/mol. The summed E-state index contributed by atoms with van der Waals surface area (Å²) in [5.41, 5.74) is 0.623. The van der Waals surface area contributed by atoms with Crippen LogP contribution in [-0.2, 0) is 14.3 Å². The number of ether oxygens (including phenoxy) is 2. The maximum Gasteiger partial charge on any atom is 0.293 e. The molecule has 1 aliphatic heterocycles. The van der Waals surface area contributed by atoms with Crippen molar-refractivity contribution < 1.29 is 29.0 Å². The van der Waals surface area contributed by atoms with Gasteiger partial charge >= 0.3 is 0 Å². The van der Waals surface area contributed by atoms with Crippen LogP contribution in [0.1, 0.15) is 5.56 Å². The average Bonchev–Trinajstić information content (AvgIpc) is 2.78. The molecule has 7 nitrogen and oxygen atoms in total. The van der Waals surface area contributed by atoms with Crippen molar-refractivity contribution in [1.82, 2.24) is 4.90 Å². The van der Waals surface area contributed by atoms with Gasteiger partial charge in [-0.25, -0.2) is 0 Å². The molecule has 1 aromatic rings. The smallest absolute Gasteiger partial charge is 0.293 e. The van der Waals surface area contributed by atoms with E-state index in [0.29, 0.717) is 16.2 Å². The number of rotatable bonds is 7. The van der Waals surface area contributed by atoms with Gasteiger partial charge < -0.3 is 19.4 Å². The molecular formula is C15H14NO6S-. The van der Waals surface area contributed by atoms with Gasteiger partial charge in [-0.3, -0.25) is 14.5 Å². The summed E-state index contributed by atoms with van der Waals surface area (Å²) in [4.78, 5) is 35.8. The first-order chi connectivity index (χ1) is 11.0. The fourth-order valence-corrected chi connectivity index (χ4v) is 2.73. The van der Waals surface area contributed by atoms with Crippen LogP contribution in [-0.4, -0.2) is 48.9 Å². The van der Waals surface area contributed by atoms with Gasteiger partial charge in [0, 0.05) is 7.11 Å². The number of methoxy groups -OCH3 is 1. The minimum atomic E-state index is -1.32. The summed E-state index contributed by atoms with van der Waals surface area (Å²) >= 11 is 0.849. The lowest BCUT2D eigenvalue weighted by molar-refractivity contribution is -0.307. The van der Waals surface area contributed by atoms with E-state index >= 15 is 0 Å². The standard InChI is InChI=1S/C15H15NO6S/c1-21-6-5-16-14(19)12(23-15(16)20)8-10-3-2-4-11(7-10)22-9-13(17)18/h2-4,7-8H,5-6,9H2,1H3,(H,17,18)/p-1/b12-8+. The molecule has 8 heteroatoms. The van der Waals surface area contributed by atoms with Crippen LogP contribution in [0.3, 0.4) is 0 Å². The van der Waals surface area contributed by atoms with Crippen molar-refractivity contribution in [2.75, 3.05) is 26.9 Å². The molecule has 0 unspecified atom stereocenters. The van der Waals surface area contributed by atoms with Crippen LogP contribution >= 0.6 is 11.8 Å². The van der Waals surface area contributed by atoms with Crippen LogP contribution in [0.25, 0.3) is 6.08 Å². The number of hydrogen-bond donors (Lipinski definition) is 0. The monoisotopic (exact) mass is 336 g/mol. The van der Waals surface area contributed by atoms with Crippen molar-refractivity contribution in [2.45, 2.75) is 0 Å². The number of carboxylic acids is 1. The molecule has 122 valence electrons. The Morgan fingerprint density at radius 1 is 1.39 bits per heavy atom. The van der Waals surface area contributed by atoms with Crippen molar-refractivity contribution in [2.24, 2.45) is 0 Å². The molecule has 1 saturated heterocycles. The number of benzene rings is 1. The number of amides is 2. The van der Waals surface area contributed by atoms with Crippen molar-refractivity contribution in [3.63, 3.8) is 0 Å². The molecule has 1 aliphatic rings. The van der Waals surface area contributed by atoms with Crippen molar-refractivity contribution in [3.8, 4) is 5.75 Å². The zero-order valence-corrected chi connectivity index (χ0v) is 13.1. The largest absolute Gasteiger partial charge is 0.546 e. The molecule has 1 heterocycles. The highest BCUT2D eigenvalue weighted by Gasteiger charge is 2.34. The van der Waals surface area contributed by atoms with Gasteiger partial charge in [-0.1, -0.05) is 12.1 Å². The van der Waals surface area contributed by atoms with Gasteiger partial charge in [-0.05, 0) is 35.5 Å². The lowest BCUT2D eigenvalue weighted by atomic mass is 10.2. The van der Waals surface area contributed by atoms with Crippen LogP contribution in [0.4, 0.5) is 4.79 Å². The third-order valence-corrected chi connectivity index (χ3v) is 3.81. The number of aliphatic carboxylic acids is 1. The third-order valence-electron chi connectivity index (χ3n) is 2.91. The minimum Gasteiger partial charge on any atom is -0.546 e. The highest BCUT2D eigenvalue weighted by Crippen LogP contribution is 2.32. The van der Waals surface area contributed by atoms with Crippen molar-refractivity contribution in [3.05, 3.63) is 34.7 Å². The number of imide groups is 1. The highest BCUT2D eigenvalue weighted by atomic mass is 32.2. The Morgan fingerprint density at radius 3 is 2.87 bits per heavy atom. The maximum atomic E-state index is 12.2. The molecule has 1 fully saturated rings. The molecule has 0 bridgehead atoms. The molecule has 0 spiro atoms. The molecule has 23 heavy (non-hydrogen) atoms. The number of nitrogens with zero attached hydrogens (tertiary/aromatic N) is 1. The van der Waals surface area contributed by atoms with E-state index in [2.05, 4.69) is 0 Å². The zero-order chi connectivity index (χ0) is 16.8. The van der Waals surface area contributed by atoms with Crippen LogP contribution in [0, 0.1) is 0 Å². The van der Waals surface area contributed by atoms with Gasteiger partial charge in [0.05, 0.1) is 24.0 Å². The quantitative estimate of drug-likeness (QED) is 0.669. The maximum absolute atomic E-state index is 12.2. The Balaban J connectivity index is 2.12. The number of hydrogen-bond acceptors (Lipinski definition) is 7. The van der Waals surface area contributed by atoms with Crippen LogP contribution in [0.15, 0.2) is 29.2 Å². The molecule has 0 radical (unpaired) electrons. The van der Waals surface area contributed by atoms with Gasteiger partial charge in [0.15, 0.2) is 0 Å². The zero-order valence-electron chi connectivity index (χ0n) is 12.3. The number of carbonyl (C=O) groups is 3. The van der Waals surface area contributed by atoms with E-state index in [1.165, 1.54) is 7.11 Å². The second-order valence-electron chi connectivity index (χ2n) is 4.56. The second-order valence-corrected chi connectivity index (χ2v) is 5.55. The summed E-state index contributed by atoms with van der Waals surface area (Å²) in [5, 5.41) is 10.0. The van der Waals surface area contributed by atoms with Crippen molar-refractivity contribution >= 4 is 35.0 Å². The molecule has 1 aromatic carbocycles. The Kier molecular flexibility index (Phi) is 5.78. The van der Waals surface area contributed by atoms with Gasteiger partial charge in [0.1, 0.15) is 12.4 Å². The number of thioether (sulfide) groups is 1. The van der Waals surface area contributed by atoms with E-state index in [1.54, 1.807) is 30.3 Å². The summed E-state index contributed by atoms with van der Waals surface area (Å²) in [7, 11) is 1.49. The van der Waals surface area contributed by atoms with Crippen LogP contribution < -0.4 is 9.84 Å². The summed E-state index contributed by atoms with van der Waals surface area (Å²) in [6.45, 7) is -0.0812. The normalized spacial score (nSPS) is 16.2. The molecule has 0 aromatic heterocycles. The van der Waals surface area contributed by atoms with E-state index in [9.17, 15) is 19.5 Å². The van der Waals surface area contributed by atoms with Crippen molar-refractivity contribution in [1.29, 1.82) is 0 Å². The van der Waals surface area contributed by atoms with E-state index in [-0.39, 0.29) is 24.3 Å². The Labute approximate surface area is 136 Å². The Morgan fingerprint density at radius 2 is 2.17 bits per heavy atom. The summed E-state index contributed by atoms with van der Waals surface area (Å²) in [6, 6.07) is 6.54. The summed E-state index contributed by atoms with van der Waals surface area (Å²) in [5.74, 6) is -1.37. The highest BCUT2D eigenvalue weighted by molar-refractivity contribution is 8.18. The number of carbonyl (C=O) groups excluding carboxylic acids is 3. The fraction of sp³-hybridized carbons (Fsp3) is 0.267. The Hall–Kier alpha value is -2.32. The van der Waals surface area contributed by atoms with E-state index < -0.39 is 12.6 Å². The average molecular weight is 336 g/mol. The SMILES string of the molecule is COCCN1C(=O)S/C(=C/c2cccc(OCC(=O)[O-])c2)C1=O. The lowest BCUT2D eigenvalue weighted by Gasteiger charge is -2.10. The number of carboxylic acid groups (broad SMARTS) is 1. The first kappa shape index (κ1) is 17.0. The van der Waals surface area contributed by atoms with Gasteiger partial charge in [0.2, 0.25) is 0 Å². The predicted molar refractivity (Wildman–Crippen MR) is 81.5 cm³/mol. The van der Waals surface area contributed by atoms with Crippen LogP contribution in [0.5, 0.6) is 5.75 Å². The first-order valence-electron chi connectivity index (χ1n) is 6.68.